The van der Waals surface area contributed by atoms with Crippen LogP contribution in [0.5, 0.6) is 5.75 Å². The van der Waals surface area contributed by atoms with Gasteiger partial charge in [-0.3, -0.25) is 4.57 Å². The number of aryl methyl sites for hydroxylation is 1. The molecular weight excluding hydrogens is 482 g/mol. The summed E-state index contributed by atoms with van der Waals surface area (Å²) < 4.78 is 9.14. The van der Waals surface area contributed by atoms with Gasteiger partial charge in [0.05, 0.1) is 18.8 Å². The Labute approximate surface area is 219 Å². The van der Waals surface area contributed by atoms with Crippen LogP contribution in [0.2, 0.25) is 0 Å². The summed E-state index contributed by atoms with van der Waals surface area (Å²) in [4.78, 5) is 13.4. The number of aliphatic hydroxyl groups is 1. The lowest BCUT2D eigenvalue weighted by Crippen LogP contribution is -2.25. The number of aromatic nitrogens is 7. The zero-order valence-electron chi connectivity index (χ0n) is 21.1. The van der Waals surface area contributed by atoms with Crippen molar-refractivity contribution in [3.63, 3.8) is 0 Å². The van der Waals surface area contributed by atoms with Gasteiger partial charge in [-0.25, -0.2) is 9.89 Å². The Morgan fingerprint density at radius 3 is 2.47 bits per heavy atom. The maximum absolute atomic E-state index is 13.4. The third-order valence-corrected chi connectivity index (χ3v) is 6.36. The van der Waals surface area contributed by atoms with Crippen LogP contribution in [0.1, 0.15) is 42.3 Å². The van der Waals surface area contributed by atoms with E-state index in [0.29, 0.717) is 42.4 Å². The van der Waals surface area contributed by atoms with Crippen LogP contribution in [0.25, 0.3) is 17.1 Å². The summed E-state index contributed by atoms with van der Waals surface area (Å²) in [5, 5.41) is 28.5. The van der Waals surface area contributed by atoms with Gasteiger partial charge in [0, 0.05) is 23.1 Å². The molecule has 0 aliphatic rings. The number of unbranched alkanes of at least 4 members (excludes halogenated alkanes) is 1. The third kappa shape index (κ3) is 5.40. The van der Waals surface area contributed by atoms with Crippen molar-refractivity contribution in [2.45, 2.75) is 45.9 Å². The maximum Gasteiger partial charge on any atom is 0.351 e. The van der Waals surface area contributed by atoms with Gasteiger partial charge in [-0.05, 0) is 40.6 Å². The molecular formula is C28H29N7O3. The molecule has 2 aromatic heterocycles. The number of aliphatic hydroxyl groups excluding tert-OH is 1. The number of tetrazole rings is 1. The average molecular weight is 512 g/mol. The molecule has 0 fully saturated rings. The number of para-hydroxylation sites is 1. The zero-order valence-corrected chi connectivity index (χ0v) is 21.1. The number of rotatable bonds is 11. The fraction of sp³-hybridized carbons (Fsp3) is 0.250. The SMILES string of the molecule is CCCCc1nn(-c2ccccc2CO)c(=O)n1Cc1ccc(OCc2ccccc2-c2nnn[nH]2)cc1. The molecule has 0 saturated heterocycles. The lowest BCUT2D eigenvalue weighted by Gasteiger charge is -2.10. The van der Waals surface area contributed by atoms with Crippen molar-refractivity contribution in [2.75, 3.05) is 0 Å². The Hall–Kier alpha value is -4.57. The topological polar surface area (TPSA) is 124 Å². The number of hydrogen-bond acceptors (Lipinski definition) is 7. The van der Waals surface area contributed by atoms with E-state index in [1.165, 1.54) is 4.68 Å². The van der Waals surface area contributed by atoms with Gasteiger partial charge in [-0.1, -0.05) is 67.9 Å². The molecule has 2 N–H and O–H groups in total. The Morgan fingerprint density at radius 1 is 0.974 bits per heavy atom. The summed E-state index contributed by atoms with van der Waals surface area (Å²) in [5.74, 6) is 2.03. The molecule has 0 aliphatic carbocycles. The standard InChI is InChI=1S/C28H29N7O3/c1-2-3-12-26-31-35(25-11-7-5-8-21(25)18-36)28(37)34(26)17-20-13-15-23(16-14-20)38-19-22-9-4-6-10-24(22)27-29-32-33-30-27/h4-11,13-16,36H,2-3,12,17-19H2,1H3,(H,29,30,32,33). The molecule has 0 atom stereocenters. The fourth-order valence-corrected chi connectivity index (χ4v) is 4.31. The second kappa shape index (κ2) is 11.7. The van der Waals surface area contributed by atoms with Crippen LogP contribution in [0.3, 0.4) is 0 Å². The lowest BCUT2D eigenvalue weighted by molar-refractivity contribution is 0.281. The molecule has 5 aromatic rings. The highest BCUT2D eigenvalue weighted by Gasteiger charge is 2.17. The first kappa shape index (κ1) is 25.1. The number of benzene rings is 3. The monoisotopic (exact) mass is 511 g/mol. The smallest absolute Gasteiger partial charge is 0.351 e. The minimum absolute atomic E-state index is 0.166. The lowest BCUT2D eigenvalue weighted by atomic mass is 10.1. The number of aromatic amines is 1. The Morgan fingerprint density at radius 2 is 1.74 bits per heavy atom. The first-order valence-corrected chi connectivity index (χ1v) is 12.6. The van der Waals surface area contributed by atoms with Crippen LogP contribution in [0, 0.1) is 0 Å². The molecule has 0 amide bonds. The van der Waals surface area contributed by atoms with Crippen molar-refractivity contribution < 1.29 is 9.84 Å². The Balaban J connectivity index is 1.34. The van der Waals surface area contributed by atoms with E-state index in [1.54, 1.807) is 16.7 Å². The van der Waals surface area contributed by atoms with Gasteiger partial charge in [0.15, 0.2) is 5.82 Å². The molecule has 0 aliphatic heterocycles. The number of nitrogens with zero attached hydrogens (tertiary/aromatic N) is 6. The molecule has 10 heteroatoms. The minimum Gasteiger partial charge on any atom is -0.489 e. The summed E-state index contributed by atoms with van der Waals surface area (Å²) in [6.45, 7) is 2.69. The molecule has 38 heavy (non-hydrogen) atoms. The van der Waals surface area contributed by atoms with Crippen LogP contribution < -0.4 is 10.4 Å². The highest BCUT2D eigenvalue weighted by molar-refractivity contribution is 5.59. The van der Waals surface area contributed by atoms with Gasteiger partial charge < -0.3 is 9.84 Å². The van der Waals surface area contributed by atoms with Gasteiger partial charge in [0.1, 0.15) is 18.2 Å². The maximum atomic E-state index is 13.4. The first-order chi connectivity index (χ1) is 18.7. The fourth-order valence-electron chi connectivity index (χ4n) is 4.31. The van der Waals surface area contributed by atoms with Crippen LogP contribution in [-0.4, -0.2) is 40.1 Å². The van der Waals surface area contributed by atoms with Crippen LogP contribution >= 0.6 is 0 Å². The zero-order chi connectivity index (χ0) is 26.3. The van der Waals surface area contributed by atoms with E-state index in [9.17, 15) is 9.90 Å². The largest absolute Gasteiger partial charge is 0.489 e. The molecule has 0 spiro atoms. The molecule has 0 saturated carbocycles. The van der Waals surface area contributed by atoms with Gasteiger partial charge >= 0.3 is 5.69 Å². The summed E-state index contributed by atoms with van der Waals surface area (Å²) in [6.07, 6.45) is 2.62. The Kier molecular flexibility index (Phi) is 7.70. The molecule has 194 valence electrons. The summed E-state index contributed by atoms with van der Waals surface area (Å²) in [5.41, 5.74) is 3.83. The van der Waals surface area contributed by atoms with E-state index >= 15 is 0 Å². The molecule has 2 heterocycles. The van der Waals surface area contributed by atoms with E-state index in [4.69, 9.17) is 4.74 Å². The highest BCUT2D eigenvalue weighted by atomic mass is 16.5. The summed E-state index contributed by atoms with van der Waals surface area (Å²) in [7, 11) is 0. The predicted octanol–water partition coefficient (Wildman–Crippen LogP) is 3.68. The number of hydrogen-bond donors (Lipinski definition) is 2. The van der Waals surface area contributed by atoms with Crippen molar-refractivity contribution in [3.05, 3.63) is 106 Å². The Bertz CT molecular complexity index is 1540. The van der Waals surface area contributed by atoms with E-state index < -0.39 is 0 Å². The van der Waals surface area contributed by atoms with Crippen LogP contribution in [0.4, 0.5) is 0 Å². The van der Waals surface area contributed by atoms with Crippen molar-refractivity contribution in [1.29, 1.82) is 0 Å². The average Bonchev–Trinajstić information content (AvgIpc) is 3.60. The first-order valence-electron chi connectivity index (χ1n) is 12.6. The third-order valence-electron chi connectivity index (χ3n) is 6.36. The van der Waals surface area contributed by atoms with Gasteiger partial charge in [-0.15, -0.1) is 10.2 Å². The highest BCUT2D eigenvalue weighted by Crippen LogP contribution is 2.22. The van der Waals surface area contributed by atoms with Gasteiger partial charge in [-0.2, -0.15) is 4.68 Å². The van der Waals surface area contributed by atoms with Crippen molar-refractivity contribution >= 4 is 0 Å². The van der Waals surface area contributed by atoms with E-state index in [-0.39, 0.29) is 12.3 Å². The van der Waals surface area contributed by atoms with Crippen molar-refractivity contribution in [3.8, 4) is 22.8 Å². The van der Waals surface area contributed by atoms with Crippen molar-refractivity contribution in [1.82, 2.24) is 35.0 Å². The van der Waals surface area contributed by atoms with Crippen LogP contribution in [0.15, 0.2) is 77.6 Å². The molecule has 0 radical (unpaired) electrons. The predicted molar refractivity (Wildman–Crippen MR) is 142 cm³/mol. The minimum atomic E-state index is -0.226. The molecule has 5 rings (SSSR count). The summed E-state index contributed by atoms with van der Waals surface area (Å²) in [6, 6.07) is 22.8. The molecule has 3 aromatic carbocycles. The second-order valence-electron chi connectivity index (χ2n) is 8.93. The van der Waals surface area contributed by atoms with Gasteiger partial charge in [0.2, 0.25) is 0 Å². The van der Waals surface area contributed by atoms with E-state index in [1.807, 2.05) is 60.7 Å². The van der Waals surface area contributed by atoms with Crippen LogP contribution in [-0.2, 0) is 26.2 Å². The second-order valence-corrected chi connectivity index (χ2v) is 8.93. The quantitative estimate of drug-likeness (QED) is 0.277. The molecule has 0 unspecified atom stereocenters. The number of nitrogens with one attached hydrogen (secondary N) is 1. The normalized spacial score (nSPS) is 11.1. The molecule has 0 bridgehead atoms. The van der Waals surface area contributed by atoms with E-state index in [0.717, 1.165) is 35.4 Å². The molecule has 10 nitrogen and oxygen atoms in total. The van der Waals surface area contributed by atoms with Crippen molar-refractivity contribution in [2.24, 2.45) is 0 Å². The summed E-state index contributed by atoms with van der Waals surface area (Å²) >= 11 is 0. The van der Waals surface area contributed by atoms with Gasteiger partial charge in [0.25, 0.3) is 0 Å². The number of H-pyrrole nitrogens is 1. The number of ether oxygens (including phenoxy) is 1. The van der Waals surface area contributed by atoms with E-state index in [2.05, 4.69) is 32.6 Å².